The number of carbonyl (C=O) groups is 1. The van der Waals surface area contributed by atoms with Gasteiger partial charge in [-0.15, -0.1) is 0 Å². The van der Waals surface area contributed by atoms with Crippen LogP contribution in [-0.2, 0) is 0 Å². The highest BCUT2D eigenvalue weighted by Gasteiger charge is 2.18. The van der Waals surface area contributed by atoms with E-state index in [1.165, 1.54) is 16.3 Å². The van der Waals surface area contributed by atoms with Gasteiger partial charge in [0.05, 0.1) is 36.6 Å². The summed E-state index contributed by atoms with van der Waals surface area (Å²) in [6, 6.07) is 18.3. The zero-order valence-electron chi connectivity index (χ0n) is 18.9. The number of thioether (sulfide) groups is 1. The van der Waals surface area contributed by atoms with Gasteiger partial charge in [-0.2, -0.15) is 0 Å². The summed E-state index contributed by atoms with van der Waals surface area (Å²) >= 11 is 1.24. The number of aryl methyl sites for hydroxylation is 2. The molecule has 0 bridgehead atoms. The highest BCUT2D eigenvalue weighted by atomic mass is 32.2. The highest BCUT2D eigenvalue weighted by molar-refractivity contribution is 7.99. The molecule has 0 N–H and O–H groups in total. The number of para-hydroxylation sites is 1. The molecule has 0 fully saturated rings. The lowest BCUT2D eigenvalue weighted by molar-refractivity contribution is 0.102. The first-order valence-corrected chi connectivity index (χ1v) is 11.4. The molecule has 0 saturated carbocycles. The van der Waals surface area contributed by atoms with Crippen molar-refractivity contribution in [2.24, 2.45) is 0 Å². The van der Waals surface area contributed by atoms with Gasteiger partial charge in [0, 0.05) is 11.6 Å². The van der Waals surface area contributed by atoms with E-state index in [0.717, 1.165) is 11.1 Å². The summed E-state index contributed by atoms with van der Waals surface area (Å²) in [5, 5.41) is 0.932. The van der Waals surface area contributed by atoms with Crippen LogP contribution in [0.25, 0.3) is 16.6 Å². The molecule has 4 aromatic rings. The van der Waals surface area contributed by atoms with Crippen LogP contribution in [0.1, 0.15) is 21.5 Å². The van der Waals surface area contributed by atoms with Gasteiger partial charge in [-0.3, -0.25) is 14.2 Å². The monoisotopic (exact) mass is 460 g/mol. The summed E-state index contributed by atoms with van der Waals surface area (Å²) in [7, 11) is 3.10. The first-order valence-electron chi connectivity index (χ1n) is 10.4. The first-order chi connectivity index (χ1) is 15.9. The lowest BCUT2D eigenvalue weighted by atomic mass is 10.0. The number of ketones is 1. The average Bonchev–Trinajstić information content (AvgIpc) is 2.83. The van der Waals surface area contributed by atoms with Crippen molar-refractivity contribution in [2.75, 3.05) is 20.0 Å². The summed E-state index contributed by atoms with van der Waals surface area (Å²) in [6.45, 7) is 3.88. The molecule has 168 valence electrons. The van der Waals surface area contributed by atoms with Gasteiger partial charge in [0.15, 0.2) is 22.4 Å². The number of carbonyl (C=O) groups excluding carboxylic acids is 1. The van der Waals surface area contributed by atoms with Gasteiger partial charge in [-0.1, -0.05) is 41.6 Å². The Labute approximate surface area is 196 Å². The molecule has 6 nitrogen and oxygen atoms in total. The third-order valence-electron chi connectivity index (χ3n) is 5.40. The fourth-order valence-corrected chi connectivity index (χ4v) is 4.54. The largest absolute Gasteiger partial charge is 0.493 e. The van der Waals surface area contributed by atoms with Crippen molar-refractivity contribution < 1.29 is 14.3 Å². The van der Waals surface area contributed by atoms with Crippen molar-refractivity contribution in [3.63, 3.8) is 0 Å². The van der Waals surface area contributed by atoms with E-state index >= 15 is 0 Å². The molecular weight excluding hydrogens is 436 g/mol. The van der Waals surface area contributed by atoms with Crippen LogP contribution in [-0.4, -0.2) is 35.3 Å². The lowest BCUT2D eigenvalue weighted by Crippen LogP contribution is -2.22. The van der Waals surface area contributed by atoms with Crippen LogP contribution >= 0.6 is 11.8 Å². The van der Waals surface area contributed by atoms with Crippen LogP contribution < -0.4 is 15.0 Å². The SMILES string of the molecule is COc1ccc(-n2c(SCC(=O)c3cc(C)ccc3C)nc3ccccc3c2=O)cc1OC. The Morgan fingerprint density at radius 3 is 2.48 bits per heavy atom. The van der Waals surface area contributed by atoms with Gasteiger partial charge in [0.2, 0.25) is 0 Å². The van der Waals surface area contributed by atoms with Crippen molar-refractivity contribution in [3.05, 3.63) is 87.7 Å². The van der Waals surface area contributed by atoms with E-state index in [0.29, 0.717) is 38.8 Å². The molecule has 0 spiro atoms. The van der Waals surface area contributed by atoms with E-state index in [9.17, 15) is 9.59 Å². The number of fused-ring (bicyclic) bond motifs is 1. The minimum atomic E-state index is -0.213. The van der Waals surface area contributed by atoms with Gasteiger partial charge in [0.1, 0.15) is 0 Å². The minimum Gasteiger partial charge on any atom is -0.493 e. The number of hydrogen-bond donors (Lipinski definition) is 0. The maximum Gasteiger partial charge on any atom is 0.266 e. The van der Waals surface area contributed by atoms with E-state index in [2.05, 4.69) is 0 Å². The van der Waals surface area contributed by atoms with E-state index in [-0.39, 0.29) is 17.1 Å². The van der Waals surface area contributed by atoms with Crippen LogP contribution in [0.5, 0.6) is 11.5 Å². The molecule has 0 unspecified atom stereocenters. The predicted octanol–water partition coefficient (Wildman–Crippen LogP) is 4.99. The molecule has 0 radical (unpaired) electrons. The number of methoxy groups -OCH3 is 2. The second kappa shape index (κ2) is 9.50. The summed E-state index contributed by atoms with van der Waals surface area (Å²) in [6.07, 6.45) is 0. The smallest absolute Gasteiger partial charge is 0.266 e. The van der Waals surface area contributed by atoms with Gasteiger partial charge in [0.25, 0.3) is 5.56 Å². The highest BCUT2D eigenvalue weighted by Crippen LogP contribution is 2.31. The number of nitrogens with zero attached hydrogens (tertiary/aromatic N) is 2. The maximum absolute atomic E-state index is 13.5. The van der Waals surface area contributed by atoms with Crippen LogP contribution in [0, 0.1) is 13.8 Å². The standard InChI is InChI=1S/C26H24N2O4S/c1-16-9-10-17(2)20(13-16)22(29)15-33-26-27-21-8-6-5-7-19(21)25(30)28(26)18-11-12-23(31-3)24(14-18)32-4/h5-14H,15H2,1-4H3. The van der Waals surface area contributed by atoms with E-state index in [1.807, 2.05) is 38.1 Å². The lowest BCUT2D eigenvalue weighted by Gasteiger charge is -2.15. The van der Waals surface area contributed by atoms with Crippen molar-refractivity contribution in [1.82, 2.24) is 9.55 Å². The summed E-state index contributed by atoms with van der Waals surface area (Å²) in [5.74, 6) is 1.20. The van der Waals surface area contributed by atoms with Crippen LogP contribution in [0.2, 0.25) is 0 Å². The summed E-state index contributed by atoms with van der Waals surface area (Å²) in [5.41, 5.74) is 3.59. The normalized spacial score (nSPS) is 10.9. The molecular formula is C26H24N2O4S. The zero-order valence-corrected chi connectivity index (χ0v) is 19.7. The van der Waals surface area contributed by atoms with Gasteiger partial charge < -0.3 is 9.47 Å². The van der Waals surface area contributed by atoms with Crippen LogP contribution in [0.3, 0.4) is 0 Å². The molecule has 4 rings (SSSR count). The second-order valence-electron chi connectivity index (χ2n) is 7.62. The van der Waals surface area contributed by atoms with E-state index < -0.39 is 0 Å². The van der Waals surface area contributed by atoms with Gasteiger partial charge in [-0.05, 0) is 49.7 Å². The molecule has 3 aromatic carbocycles. The third-order valence-corrected chi connectivity index (χ3v) is 6.33. The number of rotatable bonds is 7. The Balaban J connectivity index is 1.80. The Morgan fingerprint density at radius 2 is 1.73 bits per heavy atom. The molecule has 0 aliphatic heterocycles. The molecule has 0 atom stereocenters. The molecule has 33 heavy (non-hydrogen) atoms. The Bertz CT molecular complexity index is 1410. The number of hydrogen-bond acceptors (Lipinski definition) is 6. The fraction of sp³-hybridized carbons (Fsp3) is 0.192. The zero-order chi connectivity index (χ0) is 23.5. The number of benzene rings is 3. The molecule has 0 aliphatic carbocycles. The van der Waals surface area contributed by atoms with Crippen molar-refractivity contribution in [3.8, 4) is 17.2 Å². The predicted molar refractivity (Wildman–Crippen MR) is 131 cm³/mol. The third kappa shape index (κ3) is 4.50. The summed E-state index contributed by atoms with van der Waals surface area (Å²) in [4.78, 5) is 31.2. The molecule has 7 heteroatoms. The molecule has 1 aromatic heterocycles. The molecule has 1 heterocycles. The fourth-order valence-electron chi connectivity index (χ4n) is 3.64. The van der Waals surface area contributed by atoms with Crippen molar-refractivity contribution in [1.29, 1.82) is 0 Å². The molecule has 0 aliphatic rings. The van der Waals surface area contributed by atoms with E-state index in [4.69, 9.17) is 14.5 Å². The Hall–Kier alpha value is -3.58. The van der Waals surface area contributed by atoms with Gasteiger partial charge >= 0.3 is 0 Å². The minimum absolute atomic E-state index is 0.0116. The molecule has 0 saturated heterocycles. The maximum atomic E-state index is 13.5. The Kier molecular flexibility index (Phi) is 6.51. The summed E-state index contributed by atoms with van der Waals surface area (Å²) < 4.78 is 12.3. The van der Waals surface area contributed by atoms with Gasteiger partial charge in [-0.25, -0.2) is 4.98 Å². The van der Waals surface area contributed by atoms with Crippen molar-refractivity contribution >= 4 is 28.4 Å². The topological polar surface area (TPSA) is 70.4 Å². The quantitative estimate of drug-likeness (QED) is 0.220. The van der Waals surface area contributed by atoms with E-state index in [1.54, 1.807) is 50.6 Å². The molecule has 0 amide bonds. The van der Waals surface area contributed by atoms with Crippen molar-refractivity contribution in [2.45, 2.75) is 19.0 Å². The first kappa shape index (κ1) is 22.6. The number of ether oxygens (including phenoxy) is 2. The second-order valence-corrected chi connectivity index (χ2v) is 8.56. The average molecular weight is 461 g/mol. The Morgan fingerprint density at radius 1 is 0.970 bits per heavy atom. The number of Topliss-reactive ketones (excluding diaryl/α,β-unsaturated/α-hetero) is 1. The van der Waals surface area contributed by atoms with Crippen LogP contribution in [0.4, 0.5) is 0 Å². The van der Waals surface area contributed by atoms with Crippen LogP contribution in [0.15, 0.2) is 70.6 Å². The number of aromatic nitrogens is 2.